The molecule has 0 spiro atoms. The van der Waals surface area contributed by atoms with Crippen molar-refractivity contribution in [1.82, 2.24) is 4.90 Å². The van der Waals surface area contributed by atoms with E-state index in [4.69, 9.17) is 11.6 Å². The molecule has 0 N–H and O–H groups in total. The van der Waals surface area contributed by atoms with Gasteiger partial charge in [-0.1, -0.05) is 54.5 Å². The molecule has 0 saturated heterocycles. The van der Waals surface area contributed by atoms with E-state index in [0.29, 0.717) is 11.1 Å². The van der Waals surface area contributed by atoms with Gasteiger partial charge in [0.15, 0.2) is 0 Å². The lowest BCUT2D eigenvalue weighted by Crippen LogP contribution is -2.35. The number of halogens is 2. The van der Waals surface area contributed by atoms with Crippen LogP contribution in [0.5, 0.6) is 0 Å². The fourth-order valence-electron chi connectivity index (χ4n) is 2.21. The SMILES string of the molecule is CCCC(I)C(=O)N(C)C1=C(Cl)N=C(C)C(CC)C1. The number of rotatable bonds is 5. The summed E-state index contributed by atoms with van der Waals surface area (Å²) in [7, 11) is 1.81. The summed E-state index contributed by atoms with van der Waals surface area (Å²) < 4.78 is 0.0108. The monoisotopic (exact) mass is 396 g/mol. The third-order valence-corrected chi connectivity index (χ3v) is 5.04. The highest BCUT2D eigenvalue weighted by atomic mass is 127. The standard InChI is InChI=1S/C14H22ClIN2O/c1-5-7-11(16)14(19)18(4)12-8-10(6-2)9(3)17-13(12)15/h10-11H,5-8H2,1-4H3. The summed E-state index contributed by atoms with van der Waals surface area (Å²) >= 11 is 8.43. The number of amides is 1. The first-order valence-corrected chi connectivity index (χ1v) is 8.40. The van der Waals surface area contributed by atoms with Crippen LogP contribution in [-0.4, -0.2) is 27.5 Å². The van der Waals surface area contributed by atoms with Crippen molar-refractivity contribution < 1.29 is 4.79 Å². The Morgan fingerprint density at radius 1 is 1.58 bits per heavy atom. The molecule has 1 aliphatic rings. The van der Waals surface area contributed by atoms with E-state index in [0.717, 1.165) is 37.1 Å². The van der Waals surface area contributed by atoms with Gasteiger partial charge in [-0.15, -0.1) is 0 Å². The molecule has 1 rings (SSSR count). The summed E-state index contributed by atoms with van der Waals surface area (Å²) in [6.07, 6.45) is 3.74. The summed E-state index contributed by atoms with van der Waals surface area (Å²) in [6, 6.07) is 0. The number of hydrogen-bond acceptors (Lipinski definition) is 2. The molecule has 0 radical (unpaired) electrons. The number of carbonyl (C=O) groups is 1. The summed E-state index contributed by atoms with van der Waals surface area (Å²) in [6.45, 7) is 6.24. The van der Waals surface area contributed by atoms with E-state index in [9.17, 15) is 4.79 Å². The molecule has 1 aliphatic heterocycles. The molecule has 3 nitrogen and oxygen atoms in total. The largest absolute Gasteiger partial charge is 0.315 e. The second kappa shape index (κ2) is 7.62. The van der Waals surface area contributed by atoms with Crippen molar-refractivity contribution in [1.29, 1.82) is 0 Å². The van der Waals surface area contributed by atoms with Crippen molar-refractivity contribution in [2.24, 2.45) is 10.9 Å². The van der Waals surface area contributed by atoms with Gasteiger partial charge in [0.2, 0.25) is 5.91 Å². The number of carbonyl (C=O) groups excluding carboxylic acids is 1. The number of hydrogen-bond donors (Lipinski definition) is 0. The van der Waals surface area contributed by atoms with Crippen LogP contribution in [0.1, 0.15) is 46.5 Å². The van der Waals surface area contributed by atoms with Gasteiger partial charge in [-0.25, -0.2) is 4.99 Å². The molecule has 5 heteroatoms. The Hall–Kier alpha value is -0.100. The van der Waals surface area contributed by atoms with Crippen molar-refractivity contribution in [3.63, 3.8) is 0 Å². The number of nitrogens with zero attached hydrogens (tertiary/aromatic N) is 2. The highest BCUT2D eigenvalue weighted by molar-refractivity contribution is 14.1. The van der Waals surface area contributed by atoms with Crippen LogP contribution >= 0.6 is 34.2 Å². The highest BCUT2D eigenvalue weighted by Gasteiger charge is 2.27. The Morgan fingerprint density at radius 2 is 2.21 bits per heavy atom. The first-order valence-electron chi connectivity index (χ1n) is 6.77. The molecule has 0 aliphatic carbocycles. The van der Waals surface area contributed by atoms with E-state index >= 15 is 0 Å². The molecule has 0 bridgehead atoms. The van der Waals surface area contributed by atoms with Crippen molar-refractivity contribution >= 4 is 45.8 Å². The van der Waals surface area contributed by atoms with Gasteiger partial charge >= 0.3 is 0 Å². The topological polar surface area (TPSA) is 32.7 Å². The zero-order valence-corrected chi connectivity index (χ0v) is 15.0. The van der Waals surface area contributed by atoms with Gasteiger partial charge in [0.25, 0.3) is 0 Å². The smallest absolute Gasteiger partial charge is 0.239 e. The zero-order valence-electron chi connectivity index (χ0n) is 12.0. The summed E-state index contributed by atoms with van der Waals surface area (Å²) in [5.41, 5.74) is 1.93. The second-order valence-electron chi connectivity index (χ2n) is 4.95. The van der Waals surface area contributed by atoms with Gasteiger partial charge in [0, 0.05) is 18.7 Å². The van der Waals surface area contributed by atoms with Gasteiger partial charge in [-0.3, -0.25) is 4.79 Å². The van der Waals surface area contributed by atoms with Gasteiger partial charge in [0.05, 0.1) is 9.62 Å². The molecule has 19 heavy (non-hydrogen) atoms. The third kappa shape index (κ3) is 4.18. The van der Waals surface area contributed by atoms with Crippen LogP contribution in [-0.2, 0) is 4.79 Å². The van der Waals surface area contributed by atoms with Crippen LogP contribution < -0.4 is 0 Å². The maximum atomic E-state index is 12.3. The predicted molar refractivity (Wildman–Crippen MR) is 89.9 cm³/mol. The fourth-order valence-corrected chi connectivity index (χ4v) is 3.59. The Bertz CT molecular complexity index is 406. The molecular formula is C14H22ClIN2O. The van der Waals surface area contributed by atoms with Crippen molar-refractivity contribution in [3.8, 4) is 0 Å². The normalized spacial score (nSPS) is 21.2. The molecule has 2 unspecified atom stereocenters. The van der Waals surface area contributed by atoms with Crippen LogP contribution in [0.4, 0.5) is 0 Å². The van der Waals surface area contributed by atoms with Crippen LogP contribution in [0.3, 0.4) is 0 Å². The van der Waals surface area contributed by atoms with E-state index in [1.54, 1.807) is 4.90 Å². The van der Waals surface area contributed by atoms with E-state index in [1.165, 1.54) is 0 Å². The first kappa shape index (κ1) is 17.0. The maximum Gasteiger partial charge on any atom is 0.239 e. The number of allylic oxidation sites excluding steroid dienone is 1. The van der Waals surface area contributed by atoms with Crippen LogP contribution in [0.15, 0.2) is 15.8 Å². The lowest BCUT2D eigenvalue weighted by Gasteiger charge is -2.29. The average molecular weight is 397 g/mol. The molecule has 0 aromatic heterocycles. The molecule has 2 atom stereocenters. The van der Waals surface area contributed by atoms with Crippen LogP contribution in [0.25, 0.3) is 0 Å². The Labute approximate surface area is 134 Å². The minimum absolute atomic E-state index is 0.0108. The second-order valence-corrected chi connectivity index (χ2v) is 6.82. The molecule has 0 saturated carbocycles. The minimum atomic E-state index is 0.0108. The molecular weight excluding hydrogens is 375 g/mol. The average Bonchev–Trinajstić information content (AvgIpc) is 2.37. The third-order valence-electron chi connectivity index (χ3n) is 3.58. The van der Waals surface area contributed by atoms with E-state index in [1.807, 2.05) is 14.0 Å². The van der Waals surface area contributed by atoms with E-state index in [2.05, 4.69) is 41.4 Å². The summed E-state index contributed by atoms with van der Waals surface area (Å²) in [5.74, 6) is 0.520. The van der Waals surface area contributed by atoms with Crippen molar-refractivity contribution in [3.05, 3.63) is 10.9 Å². The molecule has 1 amide bonds. The van der Waals surface area contributed by atoms with E-state index in [-0.39, 0.29) is 9.83 Å². The van der Waals surface area contributed by atoms with E-state index < -0.39 is 0 Å². The predicted octanol–water partition coefficient (Wildman–Crippen LogP) is 4.35. The number of alkyl halides is 1. The highest BCUT2D eigenvalue weighted by Crippen LogP contribution is 2.31. The molecule has 1 heterocycles. The zero-order chi connectivity index (χ0) is 14.6. The molecule has 0 aromatic carbocycles. The van der Waals surface area contributed by atoms with Gasteiger partial charge < -0.3 is 4.90 Å². The van der Waals surface area contributed by atoms with Gasteiger partial charge in [-0.05, 0) is 26.2 Å². The quantitative estimate of drug-likeness (QED) is 0.386. The van der Waals surface area contributed by atoms with Crippen LogP contribution in [0, 0.1) is 5.92 Å². The number of aliphatic imine (C=N–C) groups is 1. The first-order chi connectivity index (χ1) is 8.92. The van der Waals surface area contributed by atoms with Crippen molar-refractivity contribution in [2.45, 2.75) is 50.4 Å². The lowest BCUT2D eigenvalue weighted by molar-refractivity contribution is -0.127. The van der Waals surface area contributed by atoms with Crippen molar-refractivity contribution in [2.75, 3.05) is 7.05 Å². The fraction of sp³-hybridized carbons (Fsp3) is 0.714. The summed E-state index contributed by atoms with van der Waals surface area (Å²) in [5, 5.41) is 0.471. The Morgan fingerprint density at radius 3 is 2.74 bits per heavy atom. The maximum absolute atomic E-state index is 12.3. The van der Waals surface area contributed by atoms with Crippen LogP contribution in [0.2, 0.25) is 0 Å². The lowest BCUT2D eigenvalue weighted by atomic mass is 9.93. The van der Waals surface area contributed by atoms with Gasteiger partial charge in [-0.2, -0.15) is 0 Å². The molecule has 108 valence electrons. The molecule has 0 aromatic rings. The Balaban J connectivity index is 2.89. The van der Waals surface area contributed by atoms with Gasteiger partial charge in [0.1, 0.15) is 5.16 Å². The minimum Gasteiger partial charge on any atom is -0.315 e. The summed E-state index contributed by atoms with van der Waals surface area (Å²) in [4.78, 5) is 18.4. The molecule has 0 fully saturated rings. The Kier molecular flexibility index (Phi) is 6.80.